The standard InChI is InChI=1S/C22H26FN3O4/c23-15-1-2-17-16(13-15)20(27)18-19(14-3-5-24-6-4-14)26(22(28)21(18)30-17)8-7-25-9-11-29-12-10-25/h3-6,15-17,19H,1-2,7-13H2. The van der Waals surface area contributed by atoms with Crippen LogP contribution in [0.3, 0.4) is 0 Å². The van der Waals surface area contributed by atoms with E-state index in [-0.39, 0.29) is 23.9 Å². The molecule has 0 spiro atoms. The van der Waals surface area contributed by atoms with Crippen LogP contribution in [0.25, 0.3) is 0 Å². The predicted octanol–water partition coefficient (Wildman–Crippen LogP) is 1.66. The summed E-state index contributed by atoms with van der Waals surface area (Å²) in [5.41, 5.74) is 1.22. The summed E-state index contributed by atoms with van der Waals surface area (Å²) in [6.07, 6.45) is 2.95. The zero-order valence-electron chi connectivity index (χ0n) is 16.8. The number of amides is 1. The van der Waals surface area contributed by atoms with Crippen molar-refractivity contribution < 1.29 is 23.5 Å². The van der Waals surface area contributed by atoms with Crippen LogP contribution >= 0.6 is 0 Å². The first-order chi connectivity index (χ1) is 14.6. The van der Waals surface area contributed by atoms with E-state index in [1.54, 1.807) is 17.3 Å². The number of carbonyl (C=O) groups excluding carboxylic acids is 2. The number of pyridine rings is 1. The molecule has 1 aromatic rings. The monoisotopic (exact) mass is 415 g/mol. The number of ether oxygens (including phenoxy) is 2. The van der Waals surface area contributed by atoms with Crippen molar-refractivity contribution in [2.45, 2.75) is 37.6 Å². The summed E-state index contributed by atoms with van der Waals surface area (Å²) in [4.78, 5) is 34.8. The van der Waals surface area contributed by atoms with Gasteiger partial charge in [-0.25, -0.2) is 4.39 Å². The van der Waals surface area contributed by atoms with Crippen LogP contribution in [0.1, 0.15) is 30.9 Å². The first-order valence-corrected chi connectivity index (χ1v) is 10.7. The van der Waals surface area contributed by atoms with Gasteiger partial charge in [0.15, 0.2) is 11.5 Å². The number of morpholine rings is 1. The maximum atomic E-state index is 14.0. The molecule has 8 heteroatoms. The summed E-state index contributed by atoms with van der Waals surface area (Å²) in [6, 6.07) is 3.15. The molecule has 7 nitrogen and oxygen atoms in total. The van der Waals surface area contributed by atoms with Crippen LogP contribution in [0.5, 0.6) is 0 Å². The van der Waals surface area contributed by atoms with E-state index in [9.17, 15) is 14.0 Å². The summed E-state index contributed by atoms with van der Waals surface area (Å²) in [7, 11) is 0. The van der Waals surface area contributed by atoms with Gasteiger partial charge in [0.2, 0.25) is 0 Å². The number of nitrogens with zero attached hydrogens (tertiary/aromatic N) is 3. The normalized spacial score (nSPS) is 32.1. The molecule has 5 rings (SSSR count). The highest BCUT2D eigenvalue weighted by Crippen LogP contribution is 2.46. The molecule has 1 aromatic heterocycles. The van der Waals surface area contributed by atoms with Gasteiger partial charge >= 0.3 is 0 Å². The Morgan fingerprint density at radius 1 is 1.10 bits per heavy atom. The molecule has 0 bridgehead atoms. The minimum absolute atomic E-state index is 0.132. The lowest BCUT2D eigenvalue weighted by atomic mass is 9.77. The van der Waals surface area contributed by atoms with Crippen molar-refractivity contribution >= 4 is 11.7 Å². The quantitative estimate of drug-likeness (QED) is 0.745. The molecule has 4 aliphatic rings. The van der Waals surface area contributed by atoms with Gasteiger partial charge < -0.3 is 14.4 Å². The van der Waals surface area contributed by atoms with E-state index in [4.69, 9.17) is 9.47 Å². The molecule has 4 heterocycles. The van der Waals surface area contributed by atoms with Crippen molar-refractivity contribution in [2.24, 2.45) is 5.92 Å². The number of hydrogen-bond acceptors (Lipinski definition) is 6. The number of aromatic nitrogens is 1. The lowest BCUT2D eigenvalue weighted by molar-refractivity contribution is -0.136. The van der Waals surface area contributed by atoms with Crippen molar-refractivity contribution in [2.75, 3.05) is 39.4 Å². The smallest absolute Gasteiger partial charge is 0.290 e. The SMILES string of the molecule is O=C1C2=C(OC3CCC(F)CC13)C(=O)N(CCN1CCOCC1)C2c1ccncc1. The van der Waals surface area contributed by atoms with Gasteiger partial charge in [0.05, 0.1) is 30.7 Å². The molecule has 2 fully saturated rings. The zero-order chi connectivity index (χ0) is 20.7. The summed E-state index contributed by atoms with van der Waals surface area (Å²) in [5, 5.41) is 0. The third kappa shape index (κ3) is 3.41. The number of ketones is 1. The molecule has 0 N–H and O–H groups in total. The van der Waals surface area contributed by atoms with Crippen LogP contribution in [-0.4, -0.2) is 78.1 Å². The maximum Gasteiger partial charge on any atom is 0.290 e. The summed E-state index contributed by atoms with van der Waals surface area (Å²) < 4.78 is 25.5. The van der Waals surface area contributed by atoms with Crippen LogP contribution in [0.4, 0.5) is 4.39 Å². The Hall–Kier alpha value is -2.32. The second kappa shape index (κ2) is 8.07. The molecule has 0 aromatic carbocycles. The number of alkyl halides is 1. The molecule has 1 amide bonds. The zero-order valence-corrected chi connectivity index (χ0v) is 16.8. The van der Waals surface area contributed by atoms with Gasteiger partial charge in [-0.05, 0) is 37.0 Å². The fraction of sp³-hybridized carbons (Fsp3) is 0.591. The van der Waals surface area contributed by atoms with E-state index in [1.165, 1.54) is 0 Å². The molecule has 1 saturated heterocycles. The van der Waals surface area contributed by atoms with E-state index in [0.717, 1.165) is 18.7 Å². The van der Waals surface area contributed by atoms with Gasteiger partial charge in [-0.1, -0.05) is 0 Å². The minimum Gasteiger partial charge on any atom is -0.483 e. The third-order valence-electron chi connectivity index (χ3n) is 6.66. The average molecular weight is 415 g/mol. The van der Waals surface area contributed by atoms with Gasteiger partial charge in [-0.3, -0.25) is 19.5 Å². The molecule has 1 aliphatic carbocycles. The molecular weight excluding hydrogens is 389 g/mol. The fourth-order valence-corrected chi connectivity index (χ4v) is 5.06. The summed E-state index contributed by atoms with van der Waals surface area (Å²) in [6.45, 7) is 4.21. The Labute approximate surface area is 174 Å². The van der Waals surface area contributed by atoms with Crippen molar-refractivity contribution in [1.29, 1.82) is 0 Å². The second-order valence-electron chi connectivity index (χ2n) is 8.42. The number of Topliss-reactive ketones (excluding diaryl/α,β-unsaturated/α-hetero) is 1. The highest BCUT2D eigenvalue weighted by atomic mass is 19.1. The first kappa shape index (κ1) is 19.6. The maximum absolute atomic E-state index is 14.0. The summed E-state index contributed by atoms with van der Waals surface area (Å²) in [5.74, 6) is -0.715. The Kier molecular flexibility index (Phi) is 5.28. The van der Waals surface area contributed by atoms with Crippen LogP contribution in [0.2, 0.25) is 0 Å². The van der Waals surface area contributed by atoms with Crippen LogP contribution < -0.4 is 0 Å². The molecule has 160 valence electrons. The third-order valence-corrected chi connectivity index (χ3v) is 6.66. The average Bonchev–Trinajstić information content (AvgIpc) is 3.06. The molecule has 0 radical (unpaired) electrons. The van der Waals surface area contributed by atoms with Gasteiger partial charge in [0.25, 0.3) is 5.91 Å². The van der Waals surface area contributed by atoms with Gasteiger partial charge in [-0.2, -0.15) is 0 Å². The van der Waals surface area contributed by atoms with E-state index >= 15 is 0 Å². The Morgan fingerprint density at radius 2 is 1.87 bits per heavy atom. The van der Waals surface area contributed by atoms with Crippen LogP contribution in [-0.2, 0) is 19.1 Å². The topological polar surface area (TPSA) is 72.0 Å². The van der Waals surface area contributed by atoms with E-state index in [2.05, 4.69) is 9.88 Å². The number of carbonyl (C=O) groups is 2. The highest BCUT2D eigenvalue weighted by Gasteiger charge is 2.52. The number of fused-ring (bicyclic) bond motifs is 1. The molecule has 3 aliphatic heterocycles. The van der Waals surface area contributed by atoms with E-state index < -0.39 is 24.2 Å². The lowest BCUT2D eigenvalue weighted by Crippen LogP contribution is -2.43. The number of hydrogen-bond donors (Lipinski definition) is 0. The number of rotatable bonds is 4. The Morgan fingerprint density at radius 3 is 2.63 bits per heavy atom. The van der Waals surface area contributed by atoms with E-state index in [0.29, 0.717) is 44.7 Å². The van der Waals surface area contributed by atoms with Gasteiger partial charge in [-0.15, -0.1) is 0 Å². The lowest BCUT2D eigenvalue weighted by Gasteiger charge is -2.36. The minimum atomic E-state index is -0.991. The highest BCUT2D eigenvalue weighted by molar-refractivity contribution is 6.11. The molecule has 4 atom stereocenters. The largest absolute Gasteiger partial charge is 0.483 e. The molecule has 30 heavy (non-hydrogen) atoms. The van der Waals surface area contributed by atoms with Crippen molar-refractivity contribution in [3.8, 4) is 0 Å². The number of halogens is 1. The van der Waals surface area contributed by atoms with E-state index in [1.807, 2.05) is 12.1 Å². The van der Waals surface area contributed by atoms with Crippen LogP contribution in [0.15, 0.2) is 35.9 Å². The van der Waals surface area contributed by atoms with Crippen molar-refractivity contribution in [3.63, 3.8) is 0 Å². The Balaban J connectivity index is 1.46. The van der Waals surface area contributed by atoms with Gasteiger partial charge in [0.1, 0.15) is 12.3 Å². The second-order valence-corrected chi connectivity index (χ2v) is 8.42. The van der Waals surface area contributed by atoms with Crippen LogP contribution in [0, 0.1) is 5.92 Å². The van der Waals surface area contributed by atoms with Gasteiger partial charge in [0, 0.05) is 38.6 Å². The molecule has 1 saturated carbocycles. The Bertz CT molecular complexity index is 855. The first-order valence-electron chi connectivity index (χ1n) is 10.7. The van der Waals surface area contributed by atoms with Crippen molar-refractivity contribution in [1.82, 2.24) is 14.8 Å². The summed E-state index contributed by atoms with van der Waals surface area (Å²) >= 11 is 0. The fourth-order valence-electron chi connectivity index (χ4n) is 5.06. The predicted molar refractivity (Wildman–Crippen MR) is 105 cm³/mol. The van der Waals surface area contributed by atoms with Crippen molar-refractivity contribution in [3.05, 3.63) is 41.4 Å². The molecule has 4 unspecified atom stereocenters. The molecular formula is C22H26FN3O4.